The second-order valence-electron chi connectivity index (χ2n) is 5.72. The minimum Gasteiger partial charge on any atom is -0.459 e. The molecule has 0 saturated carbocycles. The van der Waals surface area contributed by atoms with E-state index >= 15 is 0 Å². The van der Waals surface area contributed by atoms with Crippen LogP contribution in [0.1, 0.15) is 17.0 Å². The fourth-order valence-corrected chi connectivity index (χ4v) is 3.54. The summed E-state index contributed by atoms with van der Waals surface area (Å²) < 4.78 is 20.2. The van der Waals surface area contributed by atoms with Gasteiger partial charge in [0.2, 0.25) is 5.91 Å². The van der Waals surface area contributed by atoms with Crippen molar-refractivity contribution < 1.29 is 13.6 Å². The molecule has 0 bridgehead atoms. The van der Waals surface area contributed by atoms with Crippen molar-refractivity contribution in [2.75, 3.05) is 7.05 Å². The van der Waals surface area contributed by atoms with E-state index in [0.29, 0.717) is 17.0 Å². The molecule has 0 unspecified atom stereocenters. The average Bonchev–Trinajstić information content (AvgIpc) is 3.19. The summed E-state index contributed by atoms with van der Waals surface area (Å²) in [5.74, 6) is 1.07. The van der Waals surface area contributed by atoms with Crippen molar-refractivity contribution in [3.05, 3.63) is 63.0 Å². The molecule has 1 amide bonds. The average molecular weight is 423 g/mol. The van der Waals surface area contributed by atoms with Crippen molar-refractivity contribution in [2.45, 2.75) is 19.9 Å². The van der Waals surface area contributed by atoms with Crippen LogP contribution in [0, 0.1) is 12.7 Å². The molecule has 2 aromatic heterocycles. The van der Waals surface area contributed by atoms with Crippen LogP contribution >= 0.6 is 27.3 Å². The molecule has 0 spiro atoms. The molecule has 2 heterocycles. The lowest BCUT2D eigenvalue weighted by Crippen LogP contribution is -2.28. The summed E-state index contributed by atoms with van der Waals surface area (Å²) >= 11 is 4.75. The second kappa shape index (κ2) is 7.49. The van der Waals surface area contributed by atoms with Gasteiger partial charge in [-0.05, 0) is 37.3 Å². The standard InChI is InChI=1S/C18H16BrFN2O2S/c1-11-3-6-16(24-11)18-21-14(10-25-18)8-17(23)22(2)9-12-7-13(19)4-5-15(12)20/h3-7,10H,8-9H2,1-2H3. The fourth-order valence-electron chi connectivity index (χ4n) is 2.35. The Kier molecular flexibility index (Phi) is 5.34. The number of nitrogens with zero attached hydrogens (tertiary/aromatic N) is 2. The monoisotopic (exact) mass is 422 g/mol. The smallest absolute Gasteiger partial charge is 0.228 e. The lowest BCUT2D eigenvalue weighted by atomic mass is 10.2. The number of carbonyl (C=O) groups excluding carboxylic acids is 1. The number of aromatic nitrogens is 1. The van der Waals surface area contributed by atoms with E-state index in [0.717, 1.165) is 15.2 Å². The minimum absolute atomic E-state index is 0.119. The molecular formula is C18H16BrFN2O2S. The zero-order valence-corrected chi connectivity index (χ0v) is 16.2. The Labute approximate surface area is 157 Å². The van der Waals surface area contributed by atoms with Crippen LogP contribution < -0.4 is 0 Å². The predicted molar refractivity (Wildman–Crippen MR) is 98.8 cm³/mol. The van der Waals surface area contributed by atoms with E-state index in [1.165, 1.54) is 22.3 Å². The van der Waals surface area contributed by atoms with Crippen LogP contribution in [0.4, 0.5) is 4.39 Å². The zero-order chi connectivity index (χ0) is 18.0. The normalized spacial score (nSPS) is 10.9. The number of carbonyl (C=O) groups is 1. The van der Waals surface area contributed by atoms with Gasteiger partial charge in [-0.3, -0.25) is 4.79 Å². The maximum absolute atomic E-state index is 13.8. The van der Waals surface area contributed by atoms with Crippen LogP contribution in [0.5, 0.6) is 0 Å². The number of hydrogen-bond donors (Lipinski definition) is 0. The Morgan fingerprint density at radius 1 is 1.36 bits per heavy atom. The van der Waals surface area contributed by atoms with Crippen molar-refractivity contribution in [3.63, 3.8) is 0 Å². The molecular weight excluding hydrogens is 407 g/mol. The summed E-state index contributed by atoms with van der Waals surface area (Å²) in [4.78, 5) is 18.3. The first-order valence-corrected chi connectivity index (χ1v) is 9.29. The molecule has 0 saturated heterocycles. The van der Waals surface area contributed by atoms with Crippen LogP contribution in [-0.4, -0.2) is 22.8 Å². The highest BCUT2D eigenvalue weighted by Crippen LogP contribution is 2.26. The van der Waals surface area contributed by atoms with Gasteiger partial charge in [0.05, 0.1) is 12.1 Å². The van der Waals surface area contributed by atoms with E-state index in [4.69, 9.17) is 4.42 Å². The minimum atomic E-state index is -0.327. The molecule has 0 atom stereocenters. The number of hydrogen-bond acceptors (Lipinski definition) is 4. The quantitative estimate of drug-likeness (QED) is 0.592. The number of amides is 1. The number of furan rings is 1. The summed E-state index contributed by atoms with van der Waals surface area (Å²) in [6.45, 7) is 2.08. The van der Waals surface area contributed by atoms with Gasteiger partial charge in [0.15, 0.2) is 10.8 Å². The lowest BCUT2D eigenvalue weighted by Gasteiger charge is -2.17. The van der Waals surface area contributed by atoms with Crippen molar-refractivity contribution in [2.24, 2.45) is 0 Å². The Hall–Kier alpha value is -1.99. The highest BCUT2D eigenvalue weighted by atomic mass is 79.9. The van der Waals surface area contributed by atoms with Gasteiger partial charge in [-0.25, -0.2) is 9.37 Å². The van der Waals surface area contributed by atoms with E-state index in [-0.39, 0.29) is 24.7 Å². The van der Waals surface area contributed by atoms with E-state index in [1.54, 1.807) is 19.2 Å². The summed E-state index contributed by atoms with van der Waals surface area (Å²) in [7, 11) is 1.66. The van der Waals surface area contributed by atoms with Gasteiger partial charge >= 0.3 is 0 Å². The highest BCUT2D eigenvalue weighted by Gasteiger charge is 2.16. The molecule has 0 N–H and O–H groups in total. The number of thiazole rings is 1. The molecule has 0 fully saturated rings. The molecule has 3 rings (SSSR count). The molecule has 3 aromatic rings. The molecule has 25 heavy (non-hydrogen) atoms. The van der Waals surface area contributed by atoms with Crippen LogP contribution in [0.2, 0.25) is 0 Å². The van der Waals surface area contributed by atoms with E-state index < -0.39 is 0 Å². The number of rotatable bonds is 5. The first-order valence-electron chi connectivity index (χ1n) is 7.61. The molecule has 4 nitrogen and oxygen atoms in total. The topological polar surface area (TPSA) is 46.3 Å². The first-order chi connectivity index (χ1) is 11.9. The van der Waals surface area contributed by atoms with Gasteiger partial charge in [0, 0.05) is 29.0 Å². The van der Waals surface area contributed by atoms with E-state index in [2.05, 4.69) is 20.9 Å². The van der Waals surface area contributed by atoms with Crippen LogP contribution in [0.3, 0.4) is 0 Å². The van der Waals surface area contributed by atoms with Crippen molar-refractivity contribution >= 4 is 33.2 Å². The maximum atomic E-state index is 13.8. The third-order valence-corrected chi connectivity index (χ3v) is 5.08. The summed E-state index contributed by atoms with van der Waals surface area (Å²) in [6, 6.07) is 8.44. The second-order valence-corrected chi connectivity index (χ2v) is 7.49. The Balaban J connectivity index is 1.65. The van der Waals surface area contributed by atoms with E-state index in [9.17, 15) is 9.18 Å². The number of halogens is 2. The van der Waals surface area contributed by atoms with Gasteiger partial charge in [-0.1, -0.05) is 15.9 Å². The molecule has 7 heteroatoms. The SMILES string of the molecule is Cc1ccc(-c2nc(CC(=O)N(C)Cc3cc(Br)ccc3F)cs2)o1. The van der Waals surface area contributed by atoms with Crippen LogP contribution in [0.15, 0.2) is 44.6 Å². The van der Waals surface area contributed by atoms with Gasteiger partial charge in [-0.2, -0.15) is 0 Å². The molecule has 0 aliphatic heterocycles. The fraction of sp³-hybridized carbons (Fsp3) is 0.222. The number of benzene rings is 1. The van der Waals surface area contributed by atoms with Gasteiger partial charge in [0.25, 0.3) is 0 Å². The third-order valence-electron chi connectivity index (χ3n) is 3.68. The van der Waals surface area contributed by atoms with Gasteiger partial charge < -0.3 is 9.32 Å². The van der Waals surface area contributed by atoms with Crippen molar-refractivity contribution in [1.29, 1.82) is 0 Å². The predicted octanol–water partition coefficient (Wildman–Crippen LogP) is 4.81. The highest BCUT2D eigenvalue weighted by molar-refractivity contribution is 9.10. The molecule has 0 aliphatic carbocycles. The maximum Gasteiger partial charge on any atom is 0.228 e. The largest absolute Gasteiger partial charge is 0.459 e. The van der Waals surface area contributed by atoms with Gasteiger partial charge in [-0.15, -0.1) is 11.3 Å². The third kappa shape index (κ3) is 4.35. The number of likely N-dealkylation sites (N-methyl/N-ethyl adjacent to an activating group) is 1. The molecule has 1 aromatic carbocycles. The van der Waals surface area contributed by atoms with Crippen LogP contribution in [-0.2, 0) is 17.8 Å². The Morgan fingerprint density at radius 3 is 2.88 bits per heavy atom. The van der Waals surface area contributed by atoms with E-state index in [1.807, 2.05) is 24.4 Å². The summed E-state index contributed by atoms with van der Waals surface area (Å²) in [5.41, 5.74) is 1.15. The molecule has 0 radical (unpaired) electrons. The summed E-state index contributed by atoms with van der Waals surface area (Å²) in [6.07, 6.45) is 0.169. The molecule has 0 aliphatic rings. The summed E-state index contributed by atoms with van der Waals surface area (Å²) in [5, 5.41) is 2.59. The lowest BCUT2D eigenvalue weighted by molar-refractivity contribution is -0.129. The zero-order valence-electron chi connectivity index (χ0n) is 13.8. The number of aryl methyl sites for hydroxylation is 1. The first kappa shape index (κ1) is 17.8. The Bertz CT molecular complexity index is 906. The molecule has 130 valence electrons. The Morgan fingerprint density at radius 2 is 2.16 bits per heavy atom. The van der Waals surface area contributed by atoms with Crippen molar-refractivity contribution in [3.8, 4) is 10.8 Å². The van der Waals surface area contributed by atoms with Crippen LogP contribution in [0.25, 0.3) is 10.8 Å². The van der Waals surface area contributed by atoms with Crippen molar-refractivity contribution in [1.82, 2.24) is 9.88 Å². The van der Waals surface area contributed by atoms with Gasteiger partial charge in [0.1, 0.15) is 11.6 Å².